The van der Waals surface area contributed by atoms with Crippen molar-refractivity contribution in [2.45, 2.75) is 89.8 Å². The van der Waals surface area contributed by atoms with Crippen molar-refractivity contribution < 1.29 is 28.8 Å². The van der Waals surface area contributed by atoms with E-state index in [2.05, 4.69) is 42.2 Å². The molecule has 2 aromatic heterocycles. The molecule has 20 nitrogen and oxygen atoms in total. The van der Waals surface area contributed by atoms with Crippen molar-refractivity contribution in [2.75, 3.05) is 58.9 Å². The van der Waals surface area contributed by atoms with E-state index in [1.54, 1.807) is 12.4 Å². The Balaban J connectivity index is 1.52. The lowest BCUT2D eigenvalue weighted by Gasteiger charge is -2.29. The molecule has 0 aliphatic carbocycles. The van der Waals surface area contributed by atoms with Crippen LogP contribution in [0.5, 0.6) is 0 Å². The second kappa shape index (κ2) is 26.3. The first-order chi connectivity index (χ1) is 31.9. The molecule has 3 atom stereocenters. The molecular formula is C46H70N14O6. The number of hydrazine groups is 3. The van der Waals surface area contributed by atoms with Crippen molar-refractivity contribution in [3.63, 3.8) is 0 Å². The van der Waals surface area contributed by atoms with Crippen molar-refractivity contribution in [1.82, 2.24) is 57.2 Å². The fourth-order valence-electron chi connectivity index (χ4n) is 8.00. The summed E-state index contributed by atoms with van der Waals surface area (Å²) in [5.74, 6) is -3.36. The van der Waals surface area contributed by atoms with E-state index in [1.165, 1.54) is 15.0 Å². The zero-order valence-corrected chi connectivity index (χ0v) is 38.3. The molecule has 66 heavy (non-hydrogen) atoms. The third kappa shape index (κ3) is 15.9. The highest BCUT2D eigenvalue weighted by atomic mass is 16.2. The Bertz CT molecular complexity index is 2210. The third-order valence-electron chi connectivity index (χ3n) is 11.3. The van der Waals surface area contributed by atoms with Gasteiger partial charge in [-0.15, -0.1) is 0 Å². The summed E-state index contributed by atoms with van der Waals surface area (Å²) in [4.78, 5) is 91.4. The molecule has 1 aliphatic heterocycles. The standard InChI is InChI=1S/C46H70N14O6/c1-31(2)27-60-30-43(63)54-39(23-32-25-50-36-15-5-3-13-34(32)36)45(65)56-59(22-12-10-20-49)28-41(61)52-38(17-7-8-18-47)44(64)55-58(21-11-9-19-48)29-42(62)53-40(46(66)57-60)24-33-26-51-37-16-6-4-14-35(33)37/h3-6,13-16,25-26,31,38-40,50-51H,7-12,17-24,27-30,47-49H2,1-2H3,(H,52,61)(H,53,62)(H,54,63)(H,55,64)(H,56,65)(H,57,66)/t38-,39-,40-/m0/s1. The van der Waals surface area contributed by atoms with E-state index >= 15 is 0 Å². The molecule has 1 aliphatic rings. The van der Waals surface area contributed by atoms with Crippen molar-refractivity contribution in [1.29, 1.82) is 0 Å². The summed E-state index contributed by atoms with van der Waals surface area (Å²) in [5, 5.41) is 14.8. The molecule has 0 radical (unpaired) electrons. The number of amides is 6. The number of carbonyl (C=O) groups excluding carboxylic acids is 6. The van der Waals surface area contributed by atoms with Crippen LogP contribution in [0.25, 0.3) is 21.8 Å². The van der Waals surface area contributed by atoms with Crippen LogP contribution in [0.1, 0.15) is 69.9 Å². The normalized spacial score (nSPS) is 19.8. The summed E-state index contributed by atoms with van der Waals surface area (Å²) < 4.78 is 0. The molecular weight excluding hydrogens is 845 g/mol. The Morgan fingerprint density at radius 1 is 0.530 bits per heavy atom. The maximum Gasteiger partial charge on any atom is 0.257 e. The van der Waals surface area contributed by atoms with Gasteiger partial charge in [-0.1, -0.05) is 50.2 Å². The minimum Gasteiger partial charge on any atom is -0.361 e. The number of unbranched alkanes of at least 4 members (excludes halogenated alkanes) is 3. The monoisotopic (exact) mass is 915 g/mol. The van der Waals surface area contributed by atoms with Gasteiger partial charge in [-0.3, -0.25) is 45.0 Å². The Morgan fingerprint density at radius 3 is 1.38 bits per heavy atom. The minimum atomic E-state index is -1.13. The van der Waals surface area contributed by atoms with Crippen molar-refractivity contribution in [2.24, 2.45) is 23.1 Å². The molecule has 2 aromatic carbocycles. The highest BCUT2D eigenvalue weighted by Gasteiger charge is 2.31. The largest absolute Gasteiger partial charge is 0.361 e. The van der Waals surface area contributed by atoms with E-state index in [4.69, 9.17) is 17.2 Å². The molecule has 6 amide bonds. The van der Waals surface area contributed by atoms with Gasteiger partial charge in [-0.05, 0) is 93.8 Å². The Kier molecular flexibility index (Phi) is 20.4. The first-order valence-electron chi connectivity index (χ1n) is 23.1. The summed E-state index contributed by atoms with van der Waals surface area (Å²) in [5.41, 5.74) is 29.3. The maximum atomic E-state index is 14.4. The molecule has 0 unspecified atom stereocenters. The molecule has 20 heteroatoms. The van der Waals surface area contributed by atoms with Gasteiger partial charge in [0.05, 0.1) is 19.6 Å². The van der Waals surface area contributed by atoms with Crippen LogP contribution in [0, 0.1) is 5.92 Å². The Hall–Kier alpha value is -5.90. The lowest BCUT2D eigenvalue weighted by molar-refractivity contribution is -0.136. The molecule has 360 valence electrons. The van der Waals surface area contributed by atoms with E-state index in [1.807, 2.05) is 62.4 Å². The average molecular weight is 915 g/mol. The Morgan fingerprint density at radius 2 is 0.924 bits per heavy atom. The van der Waals surface area contributed by atoms with Gasteiger partial charge in [-0.2, -0.15) is 0 Å². The van der Waals surface area contributed by atoms with E-state index < -0.39 is 53.6 Å². The summed E-state index contributed by atoms with van der Waals surface area (Å²) in [6.07, 6.45) is 7.43. The number of aromatic nitrogens is 2. The van der Waals surface area contributed by atoms with Gasteiger partial charge >= 0.3 is 0 Å². The lowest BCUT2D eigenvalue weighted by Crippen LogP contribution is -2.59. The lowest BCUT2D eigenvalue weighted by atomic mass is 10.0. The number of H-pyrrole nitrogens is 2. The van der Waals surface area contributed by atoms with Crippen LogP contribution in [-0.2, 0) is 41.6 Å². The number of nitrogens with one attached hydrogen (secondary N) is 8. The van der Waals surface area contributed by atoms with Crippen molar-refractivity contribution in [3.8, 4) is 0 Å². The molecule has 0 saturated carbocycles. The number of carbonyl (C=O) groups is 6. The van der Waals surface area contributed by atoms with E-state index in [9.17, 15) is 28.8 Å². The molecule has 4 aromatic rings. The van der Waals surface area contributed by atoms with Gasteiger partial charge < -0.3 is 43.1 Å². The summed E-state index contributed by atoms with van der Waals surface area (Å²) >= 11 is 0. The van der Waals surface area contributed by atoms with Crippen molar-refractivity contribution in [3.05, 3.63) is 72.1 Å². The molecule has 0 spiro atoms. The predicted octanol–water partition coefficient (Wildman–Crippen LogP) is 0.165. The number of benzene rings is 2. The number of fused-ring (bicyclic) bond motifs is 2. The number of aromatic amines is 2. The molecule has 3 heterocycles. The minimum absolute atomic E-state index is 0.0161. The highest BCUT2D eigenvalue weighted by molar-refractivity contribution is 5.93. The van der Waals surface area contributed by atoms with Crippen LogP contribution in [-0.4, -0.2) is 137 Å². The van der Waals surface area contributed by atoms with Crippen LogP contribution in [0.3, 0.4) is 0 Å². The smallest absolute Gasteiger partial charge is 0.257 e. The van der Waals surface area contributed by atoms with Gasteiger partial charge in [0.15, 0.2) is 0 Å². The third-order valence-corrected chi connectivity index (χ3v) is 11.3. The molecule has 5 rings (SSSR count). The number of hydrogen-bond acceptors (Lipinski definition) is 12. The van der Waals surface area contributed by atoms with E-state index in [0.717, 1.165) is 32.9 Å². The molecule has 14 N–H and O–H groups in total. The number of nitrogens with two attached hydrogens (primary N) is 3. The zero-order chi connectivity index (χ0) is 47.4. The van der Waals surface area contributed by atoms with Gasteiger partial charge in [0.25, 0.3) is 17.7 Å². The van der Waals surface area contributed by atoms with E-state index in [-0.39, 0.29) is 64.4 Å². The SMILES string of the molecule is CC(C)CN1CC(=O)N[C@@H](Cc2c[nH]c3ccccc23)C(=O)NN(CCCCN)CC(=O)N[C@@H](CCCCN)C(=O)NN(CCCCN)CC(=O)N[C@@H](Cc2c[nH]c3ccccc23)C(=O)N1. The number of para-hydroxylation sites is 2. The van der Waals surface area contributed by atoms with Crippen LogP contribution < -0.4 is 49.4 Å². The summed E-state index contributed by atoms with van der Waals surface area (Å²) in [7, 11) is 0. The number of rotatable bonds is 18. The van der Waals surface area contributed by atoms with Gasteiger partial charge in [0, 0.05) is 66.7 Å². The van der Waals surface area contributed by atoms with Crippen LogP contribution in [0.4, 0.5) is 0 Å². The van der Waals surface area contributed by atoms with Crippen LogP contribution >= 0.6 is 0 Å². The predicted molar refractivity (Wildman–Crippen MR) is 253 cm³/mol. The first kappa shape index (κ1) is 51.1. The maximum absolute atomic E-state index is 14.4. The van der Waals surface area contributed by atoms with Gasteiger partial charge in [0.2, 0.25) is 17.7 Å². The van der Waals surface area contributed by atoms with Crippen LogP contribution in [0.2, 0.25) is 0 Å². The molecule has 1 fully saturated rings. The quantitative estimate of drug-likeness (QED) is 0.0596. The van der Waals surface area contributed by atoms with E-state index in [0.29, 0.717) is 58.2 Å². The fraction of sp³-hybridized carbons (Fsp3) is 0.522. The second-order valence-electron chi connectivity index (χ2n) is 17.3. The number of nitrogens with zero attached hydrogens (tertiary/aromatic N) is 3. The first-order valence-corrected chi connectivity index (χ1v) is 23.1. The fourth-order valence-corrected chi connectivity index (χ4v) is 8.00. The second-order valence-corrected chi connectivity index (χ2v) is 17.3. The van der Waals surface area contributed by atoms with Crippen LogP contribution in [0.15, 0.2) is 60.9 Å². The summed E-state index contributed by atoms with van der Waals surface area (Å²) in [6.45, 7) is 4.81. The Labute approximate surface area is 386 Å². The zero-order valence-electron chi connectivity index (χ0n) is 38.3. The highest BCUT2D eigenvalue weighted by Crippen LogP contribution is 2.21. The summed E-state index contributed by atoms with van der Waals surface area (Å²) in [6, 6.07) is 11.9. The number of hydrogen-bond donors (Lipinski definition) is 11. The van der Waals surface area contributed by atoms with Gasteiger partial charge in [0.1, 0.15) is 18.1 Å². The molecule has 1 saturated heterocycles. The molecule has 0 bridgehead atoms. The topological polar surface area (TPSA) is 294 Å². The van der Waals surface area contributed by atoms with Gasteiger partial charge in [-0.25, -0.2) is 15.0 Å². The van der Waals surface area contributed by atoms with Crippen molar-refractivity contribution >= 4 is 57.2 Å². The average Bonchev–Trinajstić information content (AvgIpc) is 3.88.